The molecule has 160 valence electrons. The molecule has 0 aliphatic carbocycles. The fourth-order valence-corrected chi connectivity index (χ4v) is 4.35. The van der Waals surface area contributed by atoms with Crippen molar-refractivity contribution in [2.75, 3.05) is 5.32 Å². The summed E-state index contributed by atoms with van der Waals surface area (Å²) in [6.07, 6.45) is 0.878. The molecule has 2 aromatic carbocycles. The van der Waals surface area contributed by atoms with E-state index in [-0.39, 0.29) is 11.3 Å². The van der Waals surface area contributed by atoms with Gasteiger partial charge in [-0.05, 0) is 55.8 Å². The van der Waals surface area contributed by atoms with Crippen LogP contribution in [0.25, 0.3) is 20.8 Å². The van der Waals surface area contributed by atoms with Crippen molar-refractivity contribution in [1.82, 2.24) is 9.97 Å². The first kappa shape index (κ1) is 21.2. The van der Waals surface area contributed by atoms with Crippen LogP contribution in [-0.2, 0) is 16.6 Å². The van der Waals surface area contributed by atoms with Crippen molar-refractivity contribution >= 4 is 33.1 Å². The molecule has 4 aromatic rings. The van der Waals surface area contributed by atoms with Crippen LogP contribution in [0, 0.1) is 13.8 Å². The lowest BCUT2D eigenvalue weighted by Gasteiger charge is -2.12. The zero-order chi connectivity index (χ0) is 22.2. The summed E-state index contributed by atoms with van der Waals surface area (Å²) in [7, 11) is 0. The third-order valence-electron chi connectivity index (χ3n) is 5.07. The van der Waals surface area contributed by atoms with Gasteiger partial charge in [-0.25, -0.2) is 9.97 Å². The van der Waals surface area contributed by atoms with Crippen LogP contribution in [0.5, 0.6) is 0 Å². The van der Waals surface area contributed by atoms with Crippen LogP contribution < -0.4 is 5.32 Å². The van der Waals surface area contributed by atoms with E-state index in [1.165, 1.54) is 10.3 Å². The summed E-state index contributed by atoms with van der Waals surface area (Å²) in [6, 6.07) is 14.1. The van der Waals surface area contributed by atoms with Gasteiger partial charge >= 0.3 is 0 Å². The summed E-state index contributed by atoms with van der Waals surface area (Å²) < 4.78 is 7.06. The van der Waals surface area contributed by atoms with Gasteiger partial charge < -0.3 is 9.73 Å². The number of fused-ring (bicyclic) bond motifs is 1. The van der Waals surface area contributed by atoms with Crippen molar-refractivity contribution in [3.8, 4) is 10.6 Å². The number of aromatic nitrogens is 2. The second kappa shape index (κ2) is 8.27. The first-order valence-electron chi connectivity index (χ1n) is 10.4. The molecule has 1 N–H and O–H groups in total. The molecule has 2 heterocycles. The lowest BCUT2D eigenvalue weighted by atomic mass is 9.97. The summed E-state index contributed by atoms with van der Waals surface area (Å²) in [6.45, 7) is 10.2. The van der Waals surface area contributed by atoms with E-state index in [1.807, 2.05) is 31.2 Å². The third-order valence-corrected chi connectivity index (χ3v) is 6.14. The van der Waals surface area contributed by atoms with E-state index < -0.39 is 0 Å². The summed E-state index contributed by atoms with van der Waals surface area (Å²) in [5, 5.41) is 3.94. The Morgan fingerprint density at radius 1 is 1.06 bits per heavy atom. The van der Waals surface area contributed by atoms with Crippen LogP contribution in [0.1, 0.15) is 50.1 Å². The van der Waals surface area contributed by atoms with Gasteiger partial charge in [-0.1, -0.05) is 26.8 Å². The first-order chi connectivity index (χ1) is 14.7. The maximum Gasteiger partial charge on any atom is 0.224 e. The van der Waals surface area contributed by atoms with Crippen molar-refractivity contribution in [3.63, 3.8) is 0 Å². The highest BCUT2D eigenvalue weighted by Gasteiger charge is 2.22. The monoisotopic (exact) mass is 433 g/mol. The summed E-state index contributed by atoms with van der Waals surface area (Å²) in [4.78, 5) is 21.6. The van der Waals surface area contributed by atoms with Gasteiger partial charge in [-0.2, -0.15) is 0 Å². The van der Waals surface area contributed by atoms with Crippen molar-refractivity contribution in [3.05, 3.63) is 65.4 Å². The predicted octanol–water partition coefficient (Wildman–Crippen LogP) is 6.44. The van der Waals surface area contributed by atoms with E-state index in [0.717, 1.165) is 33.2 Å². The number of anilines is 1. The predicted molar refractivity (Wildman–Crippen MR) is 127 cm³/mol. The molecule has 0 fully saturated rings. The molecular weight excluding hydrogens is 406 g/mol. The van der Waals surface area contributed by atoms with Gasteiger partial charge in [0.25, 0.3) is 0 Å². The van der Waals surface area contributed by atoms with Crippen LogP contribution >= 0.6 is 11.3 Å². The molecular formula is C25H27N3O2S. The molecule has 0 saturated carbocycles. The van der Waals surface area contributed by atoms with Crippen molar-refractivity contribution in [2.24, 2.45) is 0 Å². The van der Waals surface area contributed by atoms with E-state index in [4.69, 9.17) is 9.40 Å². The fourth-order valence-electron chi connectivity index (χ4n) is 3.28. The quantitative estimate of drug-likeness (QED) is 0.393. The Morgan fingerprint density at radius 3 is 2.48 bits per heavy atom. The minimum atomic E-state index is -0.144. The fraction of sp³-hybridized carbons (Fsp3) is 0.320. The highest BCUT2D eigenvalue weighted by molar-refractivity contribution is 7.21. The van der Waals surface area contributed by atoms with E-state index in [2.05, 4.69) is 56.2 Å². The standard InChI is InChI=1S/C25H27N3O2S/c1-15-6-11-19-21(14-15)31-23(28-19)17-7-9-18(10-8-17)27-22(29)13-12-20-16(2)26-24(30-20)25(3,4)5/h6-11,14H,12-13H2,1-5H3,(H,27,29). The second-order valence-corrected chi connectivity index (χ2v) is 9.92. The topological polar surface area (TPSA) is 68.0 Å². The number of hydrogen-bond acceptors (Lipinski definition) is 5. The minimum absolute atomic E-state index is 0.0451. The Balaban J connectivity index is 1.38. The highest BCUT2D eigenvalue weighted by Crippen LogP contribution is 2.31. The van der Waals surface area contributed by atoms with Crippen LogP contribution in [0.15, 0.2) is 46.9 Å². The molecule has 2 aromatic heterocycles. The molecule has 0 radical (unpaired) electrons. The summed E-state index contributed by atoms with van der Waals surface area (Å²) >= 11 is 1.68. The van der Waals surface area contributed by atoms with E-state index in [1.54, 1.807) is 11.3 Å². The van der Waals surface area contributed by atoms with Gasteiger partial charge in [0.2, 0.25) is 5.91 Å². The number of rotatable bonds is 5. The zero-order valence-electron chi connectivity index (χ0n) is 18.6. The number of nitrogens with one attached hydrogen (secondary N) is 1. The minimum Gasteiger partial charge on any atom is -0.445 e. The number of hydrogen-bond donors (Lipinski definition) is 1. The van der Waals surface area contributed by atoms with Gasteiger partial charge in [-0.15, -0.1) is 11.3 Å². The van der Waals surface area contributed by atoms with Gasteiger partial charge in [0.15, 0.2) is 5.89 Å². The Hall–Kier alpha value is -2.99. The number of thiazole rings is 1. The van der Waals surface area contributed by atoms with Crippen LogP contribution in [0.4, 0.5) is 5.69 Å². The molecule has 1 amide bonds. The van der Waals surface area contributed by atoms with Crippen molar-refractivity contribution in [2.45, 2.75) is 52.9 Å². The zero-order valence-corrected chi connectivity index (χ0v) is 19.4. The molecule has 0 atom stereocenters. The van der Waals surface area contributed by atoms with Crippen LogP contribution in [0.2, 0.25) is 0 Å². The molecule has 6 heteroatoms. The Labute approximate surface area is 186 Å². The maximum atomic E-state index is 12.4. The Kier molecular flexibility index (Phi) is 5.67. The average Bonchev–Trinajstić information content (AvgIpc) is 3.30. The third kappa shape index (κ3) is 4.85. The lowest BCUT2D eigenvalue weighted by Crippen LogP contribution is -2.12. The largest absolute Gasteiger partial charge is 0.445 e. The van der Waals surface area contributed by atoms with E-state index in [0.29, 0.717) is 18.7 Å². The molecule has 0 aliphatic rings. The molecule has 31 heavy (non-hydrogen) atoms. The van der Waals surface area contributed by atoms with E-state index >= 15 is 0 Å². The lowest BCUT2D eigenvalue weighted by molar-refractivity contribution is -0.116. The number of benzene rings is 2. The number of amides is 1. The van der Waals surface area contributed by atoms with Crippen molar-refractivity contribution < 1.29 is 9.21 Å². The van der Waals surface area contributed by atoms with Gasteiger partial charge in [0.05, 0.1) is 15.9 Å². The Bertz CT molecular complexity index is 1230. The molecule has 0 aliphatic heterocycles. The molecule has 0 bridgehead atoms. The van der Waals surface area contributed by atoms with Crippen LogP contribution in [-0.4, -0.2) is 15.9 Å². The number of aryl methyl sites for hydroxylation is 3. The summed E-state index contributed by atoms with van der Waals surface area (Å²) in [5.41, 5.74) is 4.78. The number of nitrogens with zero attached hydrogens (tertiary/aromatic N) is 2. The normalized spacial score (nSPS) is 11.8. The second-order valence-electron chi connectivity index (χ2n) is 8.89. The molecule has 4 rings (SSSR count). The number of carbonyl (C=O) groups is 1. The molecule has 0 saturated heterocycles. The van der Waals surface area contributed by atoms with Gasteiger partial charge in [-0.3, -0.25) is 4.79 Å². The molecule has 5 nitrogen and oxygen atoms in total. The molecule has 0 unspecified atom stereocenters. The van der Waals surface area contributed by atoms with Gasteiger partial charge in [0.1, 0.15) is 10.8 Å². The smallest absolute Gasteiger partial charge is 0.224 e. The highest BCUT2D eigenvalue weighted by atomic mass is 32.1. The van der Waals surface area contributed by atoms with Crippen LogP contribution in [0.3, 0.4) is 0 Å². The van der Waals surface area contributed by atoms with Gasteiger partial charge in [0, 0.05) is 29.5 Å². The number of carbonyl (C=O) groups excluding carboxylic acids is 1. The molecule has 0 spiro atoms. The average molecular weight is 434 g/mol. The summed E-state index contributed by atoms with van der Waals surface area (Å²) in [5.74, 6) is 1.44. The van der Waals surface area contributed by atoms with E-state index in [9.17, 15) is 4.79 Å². The maximum absolute atomic E-state index is 12.4. The Morgan fingerprint density at radius 2 is 1.81 bits per heavy atom. The first-order valence-corrected chi connectivity index (χ1v) is 11.2. The van der Waals surface area contributed by atoms with Crippen molar-refractivity contribution in [1.29, 1.82) is 0 Å². The number of oxazole rings is 1. The SMILES string of the molecule is Cc1ccc2nc(-c3ccc(NC(=O)CCc4oc(C(C)(C)C)nc4C)cc3)sc2c1.